The molecule has 6 rings (SSSR count). The fourth-order valence-electron chi connectivity index (χ4n) is 9.55. The molecule has 0 bridgehead atoms. The average molecular weight is 1040 g/mol. The third-order valence-corrected chi connectivity index (χ3v) is 16.9. The van der Waals surface area contributed by atoms with E-state index in [9.17, 15) is 0 Å². The predicted molar refractivity (Wildman–Crippen MR) is 323 cm³/mol. The number of hydrogen-bond acceptors (Lipinski definition) is 4. The Bertz CT molecular complexity index is 2620. The Hall–Kier alpha value is -4.62. The van der Waals surface area contributed by atoms with Crippen LogP contribution in [0.4, 0.5) is 0 Å². The van der Waals surface area contributed by atoms with Crippen molar-refractivity contribution in [2.75, 3.05) is 0 Å². The van der Waals surface area contributed by atoms with Gasteiger partial charge in [0.2, 0.25) is 0 Å². The molecule has 0 aliphatic rings. The molecule has 398 valence electrons. The second kappa shape index (κ2) is 21.1. The summed E-state index contributed by atoms with van der Waals surface area (Å²) in [6.07, 6.45) is 0. The van der Waals surface area contributed by atoms with Gasteiger partial charge in [-0.2, -0.15) is 0 Å². The molecule has 0 N–H and O–H groups in total. The van der Waals surface area contributed by atoms with Gasteiger partial charge in [-0.3, -0.25) is 0 Å². The maximum Gasteiger partial charge on any atom is 0.327 e. The van der Waals surface area contributed by atoms with Gasteiger partial charge in [0.25, 0.3) is 0 Å². The van der Waals surface area contributed by atoms with Gasteiger partial charge >= 0.3 is 16.8 Å². The van der Waals surface area contributed by atoms with Gasteiger partial charge in [-0.25, -0.2) is 0 Å². The lowest BCUT2D eigenvalue weighted by Gasteiger charge is -2.36. The van der Waals surface area contributed by atoms with Crippen LogP contribution in [0.3, 0.4) is 0 Å². The number of hydrogen-bond donors (Lipinski definition) is 0. The molecular weight excluding hydrogens is 943 g/mol. The van der Waals surface area contributed by atoms with E-state index in [0.717, 1.165) is 89.2 Å². The molecule has 6 aromatic rings. The first-order valence-corrected chi connectivity index (χ1v) is 29.2. The number of para-hydroxylation sites is 4. The van der Waals surface area contributed by atoms with E-state index in [1.165, 1.54) is 0 Å². The molecule has 0 unspecified atom stereocenters. The van der Waals surface area contributed by atoms with Crippen molar-refractivity contribution >= 4 is 27.4 Å². The van der Waals surface area contributed by atoms with Gasteiger partial charge < -0.3 is 18.1 Å². The first-order valence-electron chi connectivity index (χ1n) is 26.9. The van der Waals surface area contributed by atoms with Gasteiger partial charge in [0.05, 0.1) is 10.6 Å². The minimum absolute atomic E-state index is 0.259. The third-order valence-electron chi connectivity index (χ3n) is 13.7. The summed E-state index contributed by atoms with van der Waals surface area (Å²) in [5, 5.41) is 1.82. The first-order chi connectivity index (χ1) is 33.8. The van der Waals surface area contributed by atoms with Crippen molar-refractivity contribution in [2.45, 2.75) is 209 Å². The lowest BCUT2D eigenvalue weighted by molar-refractivity contribution is 0.440. The fourth-order valence-corrected chi connectivity index (χ4v) is 13.1. The molecule has 0 amide bonds. The van der Waals surface area contributed by atoms with E-state index in [2.05, 4.69) is 287 Å². The van der Waals surface area contributed by atoms with Crippen LogP contribution >= 0.6 is 16.8 Å². The smallest absolute Gasteiger partial charge is 0.327 e. The van der Waals surface area contributed by atoms with Crippen molar-refractivity contribution in [3.63, 3.8) is 0 Å². The van der Waals surface area contributed by atoms with E-state index in [1.807, 2.05) is 0 Å². The van der Waals surface area contributed by atoms with Crippen LogP contribution < -0.4 is 28.7 Å². The zero-order valence-corrected chi connectivity index (χ0v) is 51.9. The predicted octanol–water partition coefficient (Wildman–Crippen LogP) is 19.9. The Kier molecular flexibility index (Phi) is 16.7. The summed E-state index contributed by atoms with van der Waals surface area (Å²) in [7, 11) is -4.11. The number of rotatable bonds is 11. The van der Waals surface area contributed by atoms with Gasteiger partial charge in [0, 0.05) is 44.5 Å². The molecule has 0 saturated carbocycles. The van der Waals surface area contributed by atoms with Crippen molar-refractivity contribution in [3.8, 4) is 34.1 Å². The Morgan fingerprint density at radius 2 is 0.473 bits per heavy atom. The van der Waals surface area contributed by atoms with E-state index < -0.39 is 16.8 Å². The van der Waals surface area contributed by atoms with Crippen molar-refractivity contribution in [2.24, 2.45) is 0 Å². The number of benzene rings is 6. The van der Waals surface area contributed by atoms with Crippen molar-refractivity contribution in [1.82, 2.24) is 0 Å². The highest BCUT2D eigenvalue weighted by atomic mass is 31.2. The maximum absolute atomic E-state index is 8.06. The molecule has 0 fully saturated rings. The van der Waals surface area contributed by atoms with Crippen LogP contribution in [0.2, 0.25) is 0 Å². The highest BCUT2D eigenvalue weighted by molar-refractivity contribution is 7.64. The molecule has 0 aliphatic heterocycles. The molecule has 4 nitrogen and oxygen atoms in total. The van der Waals surface area contributed by atoms with Crippen molar-refractivity contribution in [1.29, 1.82) is 0 Å². The second-order valence-corrected chi connectivity index (χ2v) is 31.3. The minimum Gasteiger partial charge on any atom is -0.435 e. The maximum atomic E-state index is 8.06. The molecule has 0 heterocycles. The standard InChI is InChI=1S/C68H92O4P2/c1-61(2,3)47-36-29-37-48(62(4,5)6)56(47)69-73(70-57-49(63(7,8)9)38-30-39-50(57)64(10,11)12)55-44-28-35-46(45-33-26-25-27-34-45)60(55)74(71-58-51(65(13,14)15)40-31-41-52(58)66(16,17)18)72-59-53(67(19,20)21)42-32-43-54(59)68(22,23)24/h25-44H,1-24H3. The highest BCUT2D eigenvalue weighted by Crippen LogP contribution is 2.56. The summed E-state index contributed by atoms with van der Waals surface area (Å²) < 4.78 is 32.1. The Morgan fingerprint density at radius 3 is 0.716 bits per heavy atom. The lowest BCUT2D eigenvalue weighted by atomic mass is 9.79. The molecule has 0 spiro atoms. The van der Waals surface area contributed by atoms with Crippen LogP contribution in [0.1, 0.15) is 211 Å². The topological polar surface area (TPSA) is 36.9 Å². The highest BCUT2D eigenvalue weighted by Gasteiger charge is 2.41. The van der Waals surface area contributed by atoms with Crippen LogP contribution in [0, 0.1) is 0 Å². The molecule has 74 heavy (non-hydrogen) atoms. The molecule has 0 atom stereocenters. The molecule has 6 aromatic carbocycles. The van der Waals surface area contributed by atoms with E-state index in [1.54, 1.807) is 0 Å². The molecule has 6 heteroatoms. The van der Waals surface area contributed by atoms with Gasteiger partial charge in [-0.1, -0.05) is 281 Å². The van der Waals surface area contributed by atoms with Gasteiger partial charge in [-0.05, 0) is 60.5 Å². The van der Waals surface area contributed by atoms with E-state index in [4.69, 9.17) is 18.1 Å². The van der Waals surface area contributed by atoms with Crippen LogP contribution in [-0.2, 0) is 43.3 Å². The quantitative estimate of drug-likeness (QED) is 0.121. The summed E-state index contributed by atoms with van der Waals surface area (Å²) in [5.41, 5.74) is 8.95. The zero-order valence-electron chi connectivity index (χ0n) is 50.1. The van der Waals surface area contributed by atoms with Crippen LogP contribution in [-0.4, -0.2) is 0 Å². The largest absolute Gasteiger partial charge is 0.435 e. The van der Waals surface area contributed by atoms with E-state index in [0.29, 0.717) is 0 Å². The summed E-state index contributed by atoms with van der Waals surface area (Å²) in [6.45, 7) is 54.7. The summed E-state index contributed by atoms with van der Waals surface area (Å²) in [5.74, 6) is 3.41. The van der Waals surface area contributed by atoms with Gasteiger partial charge in [-0.15, -0.1) is 0 Å². The molecular formula is C68H92O4P2. The fraction of sp³-hybridized carbons (Fsp3) is 0.471. The summed E-state index contributed by atoms with van der Waals surface area (Å²) in [6, 6.07) is 44.0. The molecule has 0 radical (unpaired) electrons. The SMILES string of the molecule is CC(C)(C)c1cccc(C(C)(C)C)c1OP(Oc1c(C(C)(C)C)cccc1C(C)(C)C)c1cccc(-c2ccccc2)c1P(Oc1c(C(C)(C)C)cccc1C(C)(C)C)Oc1c(C(C)(C)C)cccc1C(C)(C)C. The molecule has 0 aliphatic carbocycles. The molecule has 0 aromatic heterocycles. The van der Waals surface area contributed by atoms with Gasteiger partial charge in [0.1, 0.15) is 23.0 Å². The van der Waals surface area contributed by atoms with Gasteiger partial charge in [0.15, 0.2) is 0 Å². The summed E-state index contributed by atoms with van der Waals surface area (Å²) >= 11 is 0. The Morgan fingerprint density at radius 1 is 0.243 bits per heavy atom. The minimum atomic E-state index is -2.07. The normalized spacial score (nSPS) is 13.4. The third kappa shape index (κ3) is 13.3. The van der Waals surface area contributed by atoms with Crippen LogP contribution in [0.5, 0.6) is 23.0 Å². The average Bonchev–Trinajstić information content (AvgIpc) is 3.26. The van der Waals surface area contributed by atoms with Crippen LogP contribution in [0.25, 0.3) is 11.1 Å². The second-order valence-electron chi connectivity index (χ2n) is 28.6. The van der Waals surface area contributed by atoms with Crippen LogP contribution in [0.15, 0.2) is 121 Å². The summed E-state index contributed by atoms with van der Waals surface area (Å²) in [4.78, 5) is 0. The zero-order chi connectivity index (χ0) is 55.4. The van der Waals surface area contributed by atoms with E-state index in [-0.39, 0.29) is 43.3 Å². The van der Waals surface area contributed by atoms with Crippen molar-refractivity contribution < 1.29 is 18.1 Å². The van der Waals surface area contributed by atoms with Crippen molar-refractivity contribution in [3.05, 3.63) is 166 Å². The monoisotopic (exact) mass is 1030 g/mol. The Balaban J connectivity index is 1.88. The lowest BCUT2D eigenvalue weighted by Crippen LogP contribution is -2.32. The van der Waals surface area contributed by atoms with E-state index >= 15 is 0 Å². The first kappa shape index (κ1) is 58.6. The Labute approximate surface area is 452 Å². The molecule has 0 saturated heterocycles.